The van der Waals surface area contributed by atoms with Gasteiger partial charge < -0.3 is 14.4 Å². The second kappa shape index (κ2) is 6.54. The van der Waals surface area contributed by atoms with E-state index in [-0.39, 0.29) is 18.9 Å². The SMILES string of the molecule is CN(CCOc1ccc(F)cc1F)C(=O)OC(C)(C)C. The highest BCUT2D eigenvalue weighted by molar-refractivity contribution is 5.67. The molecule has 1 amide bonds. The molecule has 1 aromatic carbocycles. The quantitative estimate of drug-likeness (QED) is 0.853. The third kappa shape index (κ3) is 5.42. The Balaban J connectivity index is 2.42. The zero-order chi connectivity index (χ0) is 15.3. The molecule has 0 radical (unpaired) electrons. The predicted octanol–water partition coefficient (Wildman–Crippen LogP) is 3.21. The Morgan fingerprint density at radius 1 is 1.30 bits per heavy atom. The van der Waals surface area contributed by atoms with Crippen LogP contribution in [0.3, 0.4) is 0 Å². The topological polar surface area (TPSA) is 38.8 Å². The molecule has 0 unspecified atom stereocenters. The fraction of sp³-hybridized carbons (Fsp3) is 0.500. The molecule has 0 aliphatic carbocycles. The largest absolute Gasteiger partial charge is 0.489 e. The van der Waals surface area contributed by atoms with Gasteiger partial charge in [-0.15, -0.1) is 0 Å². The highest BCUT2D eigenvalue weighted by Crippen LogP contribution is 2.17. The molecule has 1 rings (SSSR count). The Hall–Kier alpha value is -1.85. The van der Waals surface area contributed by atoms with E-state index >= 15 is 0 Å². The van der Waals surface area contributed by atoms with E-state index in [1.165, 1.54) is 11.0 Å². The van der Waals surface area contributed by atoms with Crippen LogP contribution in [0.5, 0.6) is 5.75 Å². The van der Waals surface area contributed by atoms with Crippen LogP contribution in [-0.4, -0.2) is 36.8 Å². The van der Waals surface area contributed by atoms with Crippen LogP contribution < -0.4 is 4.74 Å². The Kier molecular flexibility index (Phi) is 5.30. The molecule has 0 spiro atoms. The molecule has 0 aromatic heterocycles. The maximum absolute atomic E-state index is 13.3. The van der Waals surface area contributed by atoms with E-state index < -0.39 is 23.3 Å². The van der Waals surface area contributed by atoms with Crippen molar-refractivity contribution in [1.29, 1.82) is 0 Å². The first-order chi connectivity index (χ1) is 9.19. The van der Waals surface area contributed by atoms with Crippen LogP contribution in [0.1, 0.15) is 20.8 Å². The van der Waals surface area contributed by atoms with Gasteiger partial charge in [-0.2, -0.15) is 0 Å². The summed E-state index contributed by atoms with van der Waals surface area (Å²) in [6.07, 6.45) is -0.485. The summed E-state index contributed by atoms with van der Waals surface area (Å²) in [7, 11) is 1.55. The number of hydrogen-bond acceptors (Lipinski definition) is 3. The van der Waals surface area contributed by atoms with Gasteiger partial charge in [-0.3, -0.25) is 0 Å². The van der Waals surface area contributed by atoms with Crippen molar-refractivity contribution in [2.75, 3.05) is 20.2 Å². The lowest BCUT2D eigenvalue weighted by molar-refractivity contribution is 0.0277. The molecule has 0 saturated heterocycles. The third-order valence-corrected chi connectivity index (χ3v) is 2.28. The van der Waals surface area contributed by atoms with Gasteiger partial charge in [0.2, 0.25) is 0 Å². The van der Waals surface area contributed by atoms with Crippen LogP contribution >= 0.6 is 0 Å². The van der Waals surface area contributed by atoms with Crippen molar-refractivity contribution in [1.82, 2.24) is 4.90 Å². The summed E-state index contributed by atoms with van der Waals surface area (Å²) in [6, 6.07) is 3.06. The van der Waals surface area contributed by atoms with Gasteiger partial charge in [0.25, 0.3) is 0 Å². The standard InChI is InChI=1S/C14H19F2NO3/c1-14(2,3)20-13(18)17(4)7-8-19-12-6-5-10(15)9-11(12)16/h5-6,9H,7-8H2,1-4H3. The molecular weight excluding hydrogens is 268 g/mol. The van der Waals surface area contributed by atoms with E-state index in [0.717, 1.165) is 12.1 Å². The fourth-order valence-electron chi connectivity index (χ4n) is 1.32. The normalized spacial score (nSPS) is 11.1. The molecule has 6 heteroatoms. The molecular formula is C14H19F2NO3. The van der Waals surface area contributed by atoms with Gasteiger partial charge in [0.05, 0.1) is 6.54 Å². The minimum Gasteiger partial charge on any atom is -0.489 e. The van der Waals surface area contributed by atoms with Crippen LogP contribution in [0.2, 0.25) is 0 Å². The molecule has 0 atom stereocenters. The minimum atomic E-state index is -0.773. The van der Waals surface area contributed by atoms with Gasteiger partial charge in [0.15, 0.2) is 11.6 Å². The van der Waals surface area contributed by atoms with Gasteiger partial charge in [0.1, 0.15) is 18.0 Å². The van der Waals surface area contributed by atoms with E-state index in [4.69, 9.17) is 9.47 Å². The molecule has 4 nitrogen and oxygen atoms in total. The monoisotopic (exact) mass is 287 g/mol. The smallest absolute Gasteiger partial charge is 0.410 e. The van der Waals surface area contributed by atoms with Crippen molar-refractivity contribution in [2.24, 2.45) is 0 Å². The van der Waals surface area contributed by atoms with Crippen molar-refractivity contribution in [2.45, 2.75) is 26.4 Å². The number of hydrogen-bond donors (Lipinski definition) is 0. The summed E-state index contributed by atoms with van der Waals surface area (Å²) >= 11 is 0. The Morgan fingerprint density at radius 3 is 2.50 bits per heavy atom. The summed E-state index contributed by atoms with van der Waals surface area (Å²) < 4.78 is 36.3. The van der Waals surface area contributed by atoms with E-state index in [0.29, 0.717) is 0 Å². The Labute approximate surface area is 117 Å². The third-order valence-electron chi connectivity index (χ3n) is 2.28. The second-order valence-electron chi connectivity index (χ2n) is 5.33. The van der Waals surface area contributed by atoms with Crippen molar-refractivity contribution >= 4 is 6.09 Å². The van der Waals surface area contributed by atoms with E-state index in [2.05, 4.69) is 0 Å². The predicted molar refractivity (Wildman–Crippen MR) is 70.7 cm³/mol. The Morgan fingerprint density at radius 2 is 1.95 bits per heavy atom. The Bertz CT molecular complexity index is 472. The van der Waals surface area contributed by atoms with E-state index in [1.54, 1.807) is 27.8 Å². The molecule has 0 saturated carbocycles. The van der Waals surface area contributed by atoms with Crippen LogP contribution in [0, 0.1) is 11.6 Å². The van der Waals surface area contributed by atoms with E-state index in [9.17, 15) is 13.6 Å². The molecule has 20 heavy (non-hydrogen) atoms. The number of carbonyl (C=O) groups excluding carboxylic acids is 1. The number of amides is 1. The number of likely N-dealkylation sites (N-methyl/N-ethyl adjacent to an activating group) is 1. The zero-order valence-corrected chi connectivity index (χ0v) is 12.1. The first-order valence-corrected chi connectivity index (χ1v) is 6.21. The lowest BCUT2D eigenvalue weighted by atomic mass is 10.2. The molecule has 0 heterocycles. The van der Waals surface area contributed by atoms with Gasteiger partial charge >= 0.3 is 6.09 Å². The molecule has 1 aromatic rings. The fourth-order valence-corrected chi connectivity index (χ4v) is 1.32. The lowest BCUT2D eigenvalue weighted by Crippen LogP contribution is -2.36. The lowest BCUT2D eigenvalue weighted by Gasteiger charge is -2.24. The molecule has 112 valence electrons. The van der Waals surface area contributed by atoms with E-state index in [1.807, 2.05) is 0 Å². The van der Waals surface area contributed by atoms with Crippen molar-refractivity contribution in [3.8, 4) is 5.75 Å². The average Bonchev–Trinajstić information content (AvgIpc) is 2.29. The number of halogens is 2. The van der Waals surface area contributed by atoms with Crippen LogP contribution in [-0.2, 0) is 4.74 Å². The summed E-state index contributed by atoms with van der Waals surface area (Å²) in [6.45, 7) is 5.61. The first kappa shape index (κ1) is 16.2. The van der Waals surface area contributed by atoms with Crippen molar-refractivity contribution in [3.05, 3.63) is 29.8 Å². The molecule has 0 bridgehead atoms. The van der Waals surface area contributed by atoms with Gasteiger partial charge in [-0.05, 0) is 32.9 Å². The molecule has 0 aliphatic rings. The zero-order valence-electron chi connectivity index (χ0n) is 12.1. The maximum atomic E-state index is 13.3. The molecule has 0 aliphatic heterocycles. The summed E-state index contributed by atoms with van der Waals surface area (Å²) in [5.41, 5.74) is -0.574. The van der Waals surface area contributed by atoms with Crippen molar-refractivity contribution in [3.63, 3.8) is 0 Å². The summed E-state index contributed by atoms with van der Waals surface area (Å²) in [4.78, 5) is 13.0. The van der Waals surface area contributed by atoms with Crippen LogP contribution in [0.15, 0.2) is 18.2 Å². The number of nitrogens with zero attached hydrogens (tertiary/aromatic N) is 1. The molecule has 0 fully saturated rings. The number of rotatable bonds is 4. The molecule has 0 N–H and O–H groups in total. The highest BCUT2D eigenvalue weighted by Gasteiger charge is 2.19. The maximum Gasteiger partial charge on any atom is 0.410 e. The number of carbonyl (C=O) groups is 1. The summed E-state index contributed by atoms with van der Waals surface area (Å²) in [5.74, 6) is -1.49. The van der Waals surface area contributed by atoms with Crippen LogP contribution in [0.4, 0.5) is 13.6 Å². The minimum absolute atomic E-state index is 0.0519. The summed E-state index contributed by atoms with van der Waals surface area (Å²) in [5, 5.41) is 0. The van der Waals surface area contributed by atoms with Crippen LogP contribution in [0.25, 0.3) is 0 Å². The highest BCUT2D eigenvalue weighted by atomic mass is 19.1. The van der Waals surface area contributed by atoms with Gasteiger partial charge in [-0.25, -0.2) is 13.6 Å². The van der Waals surface area contributed by atoms with Gasteiger partial charge in [-0.1, -0.05) is 0 Å². The number of ether oxygens (including phenoxy) is 2. The van der Waals surface area contributed by atoms with Crippen molar-refractivity contribution < 1.29 is 23.0 Å². The average molecular weight is 287 g/mol. The first-order valence-electron chi connectivity index (χ1n) is 6.21. The number of benzene rings is 1. The van der Waals surface area contributed by atoms with Gasteiger partial charge in [0, 0.05) is 13.1 Å². The second-order valence-corrected chi connectivity index (χ2v) is 5.33.